The van der Waals surface area contributed by atoms with Crippen LogP contribution in [0.3, 0.4) is 0 Å². The summed E-state index contributed by atoms with van der Waals surface area (Å²) >= 11 is 5.96. The summed E-state index contributed by atoms with van der Waals surface area (Å²) in [5, 5.41) is 0.638. The molecule has 1 heterocycles. The molecule has 3 rings (SSSR count). The van der Waals surface area contributed by atoms with Crippen LogP contribution in [0, 0.1) is 0 Å². The predicted octanol–water partition coefficient (Wildman–Crippen LogP) is 4.74. The molecule has 5 nitrogen and oxygen atoms in total. The zero-order chi connectivity index (χ0) is 19.4. The van der Waals surface area contributed by atoms with E-state index in [4.69, 9.17) is 21.1 Å². The molecule has 0 amide bonds. The van der Waals surface area contributed by atoms with Crippen LogP contribution in [0.15, 0.2) is 59.6 Å². The van der Waals surface area contributed by atoms with Crippen molar-refractivity contribution in [3.63, 3.8) is 0 Å². The monoisotopic (exact) mass is 386 g/mol. The van der Waals surface area contributed by atoms with Gasteiger partial charge < -0.3 is 14.4 Å². The van der Waals surface area contributed by atoms with Crippen LogP contribution in [0.4, 0.5) is 5.69 Å². The number of hydrogen-bond acceptors (Lipinski definition) is 4. The van der Waals surface area contributed by atoms with Gasteiger partial charge in [0.15, 0.2) is 12.1 Å². The van der Waals surface area contributed by atoms with E-state index in [1.165, 1.54) is 0 Å². The first kappa shape index (κ1) is 19.2. The highest BCUT2D eigenvalue weighted by atomic mass is 35.5. The van der Waals surface area contributed by atoms with Gasteiger partial charge in [0.25, 0.3) is 6.02 Å². The predicted molar refractivity (Wildman–Crippen MR) is 106 cm³/mol. The van der Waals surface area contributed by atoms with Gasteiger partial charge in [-0.15, -0.1) is 0 Å². The van der Waals surface area contributed by atoms with Gasteiger partial charge in [-0.05, 0) is 50.6 Å². The molecular formula is C21H23ClN2O3. The summed E-state index contributed by atoms with van der Waals surface area (Å²) in [7, 11) is 0. The van der Waals surface area contributed by atoms with E-state index in [1.54, 1.807) is 19.1 Å². The molecule has 142 valence electrons. The molecule has 0 unspecified atom stereocenters. The maximum Gasteiger partial charge on any atom is 0.333 e. The number of hydrogen-bond donors (Lipinski definition) is 0. The maximum absolute atomic E-state index is 12.8. The molecule has 27 heavy (non-hydrogen) atoms. The minimum Gasteiger partial charge on any atom is -0.464 e. The van der Waals surface area contributed by atoms with Crippen LogP contribution in [0.5, 0.6) is 0 Å². The van der Waals surface area contributed by atoms with Gasteiger partial charge in [0.2, 0.25) is 0 Å². The molecular weight excluding hydrogens is 364 g/mol. The van der Waals surface area contributed by atoms with E-state index in [0.717, 1.165) is 5.56 Å². The van der Waals surface area contributed by atoms with Crippen molar-refractivity contribution in [1.82, 2.24) is 4.90 Å². The van der Waals surface area contributed by atoms with Crippen molar-refractivity contribution in [2.45, 2.75) is 39.0 Å². The fourth-order valence-corrected chi connectivity index (χ4v) is 3.24. The number of benzene rings is 2. The third-order valence-corrected chi connectivity index (χ3v) is 4.56. The van der Waals surface area contributed by atoms with E-state index in [1.807, 2.05) is 61.2 Å². The number of ether oxygens (including phenoxy) is 2. The van der Waals surface area contributed by atoms with Crippen LogP contribution in [-0.2, 0) is 14.3 Å². The Hall–Kier alpha value is -2.53. The fraction of sp³-hybridized carbons (Fsp3) is 0.333. The largest absolute Gasteiger partial charge is 0.464 e. The van der Waals surface area contributed by atoms with Crippen molar-refractivity contribution < 1.29 is 14.3 Å². The summed E-state index contributed by atoms with van der Waals surface area (Å²) < 4.78 is 11.5. The molecule has 0 aromatic heterocycles. The zero-order valence-electron chi connectivity index (χ0n) is 15.6. The number of carbonyl (C=O) groups excluding carboxylic acids is 1. The summed E-state index contributed by atoms with van der Waals surface area (Å²) in [5.74, 6) is -0.318. The first-order valence-corrected chi connectivity index (χ1v) is 9.40. The van der Waals surface area contributed by atoms with Crippen LogP contribution in [0.1, 0.15) is 32.4 Å². The molecule has 1 saturated heterocycles. The maximum atomic E-state index is 12.8. The Balaban J connectivity index is 2.03. The van der Waals surface area contributed by atoms with Crippen molar-refractivity contribution in [2.75, 3.05) is 6.61 Å². The van der Waals surface area contributed by atoms with Crippen LogP contribution in [0.25, 0.3) is 0 Å². The Kier molecular flexibility index (Phi) is 6.01. The van der Waals surface area contributed by atoms with E-state index in [-0.39, 0.29) is 12.0 Å². The number of amidine groups is 1. The second-order valence-corrected chi connectivity index (χ2v) is 6.95. The molecule has 0 spiro atoms. The molecule has 2 aromatic rings. The number of nitrogens with zero attached hydrogens (tertiary/aromatic N) is 2. The number of aliphatic imine (C=N–C) groups is 1. The Morgan fingerprint density at radius 2 is 1.85 bits per heavy atom. The number of rotatable bonds is 5. The Labute approximate surface area is 164 Å². The van der Waals surface area contributed by atoms with E-state index in [9.17, 15) is 4.79 Å². The van der Waals surface area contributed by atoms with E-state index >= 15 is 0 Å². The SMILES string of the molecule is CCOC(=O)[C@@H]1[C@@H](c2ccccc2)OC(=Nc2ccc(Cl)cc2)N1C(C)C. The van der Waals surface area contributed by atoms with E-state index in [0.29, 0.717) is 23.3 Å². The minimum atomic E-state index is -0.599. The highest BCUT2D eigenvalue weighted by molar-refractivity contribution is 6.30. The lowest BCUT2D eigenvalue weighted by Gasteiger charge is -2.27. The number of carbonyl (C=O) groups is 1. The summed E-state index contributed by atoms with van der Waals surface area (Å²) in [6, 6.07) is 16.6. The first-order chi connectivity index (χ1) is 13.0. The highest BCUT2D eigenvalue weighted by Gasteiger charge is 2.47. The Morgan fingerprint density at radius 1 is 1.19 bits per heavy atom. The molecule has 2 atom stereocenters. The number of esters is 1. The lowest BCUT2D eigenvalue weighted by atomic mass is 10.0. The van der Waals surface area contributed by atoms with Gasteiger partial charge in [-0.3, -0.25) is 0 Å². The van der Waals surface area contributed by atoms with Crippen LogP contribution >= 0.6 is 11.6 Å². The molecule has 1 aliphatic heterocycles. The van der Waals surface area contributed by atoms with Gasteiger partial charge in [0.1, 0.15) is 0 Å². The lowest BCUT2D eigenvalue weighted by Crippen LogP contribution is -2.45. The van der Waals surface area contributed by atoms with Crippen LogP contribution in [0.2, 0.25) is 5.02 Å². The van der Waals surface area contributed by atoms with Crippen LogP contribution < -0.4 is 0 Å². The van der Waals surface area contributed by atoms with Crippen molar-refractivity contribution in [1.29, 1.82) is 0 Å². The van der Waals surface area contributed by atoms with Crippen molar-refractivity contribution >= 4 is 29.3 Å². The molecule has 0 saturated carbocycles. The molecule has 6 heteroatoms. The lowest BCUT2D eigenvalue weighted by molar-refractivity contribution is -0.149. The second kappa shape index (κ2) is 8.44. The zero-order valence-corrected chi connectivity index (χ0v) is 16.4. The van der Waals surface area contributed by atoms with Crippen molar-refractivity contribution in [3.8, 4) is 0 Å². The Bertz CT molecular complexity index is 806. The second-order valence-electron chi connectivity index (χ2n) is 6.52. The third kappa shape index (κ3) is 4.25. The van der Waals surface area contributed by atoms with Gasteiger partial charge >= 0.3 is 5.97 Å². The molecule has 0 N–H and O–H groups in total. The number of halogens is 1. The van der Waals surface area contributed by atoms with Crippen molar-refractivity contribution in [3.05, 3.63) is 65.2 Å². The molecule has 2 aromatic carbocycles. The van der Waals surface area contributed by atoms with Gasteiger partial charge in [-0.2, -0.15) is 4.99 Å². The van der Waals surface area contributed by atoms with Crippen molar-refractivity contribution in [2.24, 2.45) is 4.99 Å². The normalized spacial score (nSPS) is 20.8. The summed E-state index contributed by atoms with van der Waals surface area (Å²) in [5.41, 5.74) is 1.61. The molecule has 0 radical (unpaired) electrons. The third-order valence-electron chi connectivity index (χ3n) is 4.30. The molecule has 1 aliphatic rings. The smallest absolute Gasteiger partial charge is 0.333 e. The fourth-order valence-electron chi connectivity index (χ4n) is 3.11. The minimum absolute atomic E-state index is 0.000770. The molecule has 0 aliphatic carbocycles. The summed E-state index contributed by atoms with van der Waals surface area (Å²) in [4.78, 5) is 19.3. The van der Waals surface area contributed by atoms with Gasteiger partial charge in [0, 0.05) is 11.1 Å². The van der Waals surface area contributed by atoms with Gasteiger partial charge in [-0.1, -0.05) is 41.9 Å². The first-order valence-electron chi connectivity index (χ1n) is 9.02. The average molecular weight is 387 g/mol. The quantitative estimate of drug-likeness (QED) is 0.696. The Morgan fingerprint density at radius 3 is 2.44 bits per heavy atom. The summed E-state index contributed by atoms with van der Waals surface area (Å²) in [6.45, 7) is 6.11. The summed E-state index contributed by atoms with van der Waals surface area (Å²) in [6.07, 6.45) is -0.487. The molecule has 1 fully saturated rings. The van der Waals surface area contributed by atoms with Gasteiger partial charge in [0.05, 0.1) is 12.3 Å². The average Bonchev–Trinajstić information content (AvgIpc) is 3.04. The van der Waals surface area contributed by atoms with Crippen LogP contribution in [-0.4, -0.2) is 35.6 Å². The van der Waals surface area contributed by atoms with E-state index < -0.39 is 12.1 Å². The van der Waals surface area contributed by atoms with Gasteiger partial charge in [-0.25, -0.2) is 4.79 Å². The van der Waals surface area contributed by atoms with E-state index in [2.05, 4.69) is 4.99 Å². The molecule has 0 bridgehead atoms. The topological polar surface area (TPSA) is 51.1 Å². The standard InChI is InChI=1S/C21H23ClN2O3/c1-4-26-20(25)18-19(15-8-6-5-7-9-15)27-21(24(18)14(2)3)23-17-12-10-16(22)11-13-17/h5-14,18-19H,4H2,1-3H3/t18-,19+/m0/s1. The highest BCUT2D eigenvalue weighted by Crippen LogP contribution is 2.36.